The van der Waals surface area contributed by atoms with Gasteiger partial charge in [0.2, 0.25) is 0 Å². The van der Waals surface area contributed by atoms with E-state index in [1.165, 1.54) is 6.42 Å². The minimum Gasteiger partial charge on any atom is -0.358 e. The van der Waals surface area contributed by atoms with E-state index in [1.807, 2.05) is 0 Å². The van der Waals surface area contributed by atoms with Crippen molar-refractivity contribution in [2.24, 2.45) is 0 Å². The molecule has 2 atom stereocenters. The number of nitrogens with zero attached hydrogens (tertiary/aromatic N) is 1. The molecule has 3 heteroatoms. The summed E-state index contributed by atoms with van der Waals surface area (Å²) in [6, 6.07) is 0. The average Bonchev–Trinajstić information content (AvgIpc) is 2.20. The Bertz CT molecular complexity index is 153. The first-order valence-corrected chi connectivity index (χ1v) is 3.95. The van der Waals surface area contributed by atoms with Crippen molar-refractivity contribution in [3.05, 3.63) is 14.4 Å². The van der Waals surface area contributed by atoms with Crippen molar-refractivity contribution in [3.8, 4) is 0 Å². The number of fused-ring (bicyclic) bond motifs is 1. The fourth-order valence-corrected chi connectivity index (χ4v) is 2.23. The third-order valence-electron chi connectivity index (χ3n) is 2.76. The van der Waals surface area contributed by atoms with Gasteiger partial charge < -0.3 is 19.3 Å². The molecule has 0 bridgehead atoms. The number of rotatable bonds is 0. The summed E-state index contributed by atoms with van der Waals surface area (Å²) in [6.07, 6.45) is 2.34. The molecule has 1 nitrogen and oxygen atoms in total. The van der Waals surface area contributed by atoms with Crippen LogP contribution in [0.2, 0.25) is 0 Å². The van der Waals surface area contributed by atoms with E-state index in [0.29, 0.717) is 13.0 Å². The van der Waals surface area contributed by atoms with Crippen LogP contribution in [0, 0.1) is 14.4 Å². The Morgan fingerprint density at radius 3 is 2.75 bits per heavy atom. The minimum absolute atomic E-state index is 0. The Morgan fingerprint density at radius 1 is 1.50 bits per heavy atom. The SMILES string of the molecule is [CH2-]C12CCCN1CC(F)C2.[CH3-].[K+]. The topological polar surface area (TPSA) is 3.24 Å². The monoisotopic (exact) mass is 196 g/mol. The van der Waals surface area contributed by atoms with Crippen molar-refractivity contribution in [2.45, 2.75) is 31.0 Å². The number of hydrogen-bond donors (Lipinski definition) is 0. The van der Waals surface area contributed by atoms with Crippen LogP contribution in [-0.4, -0.2) is 29.7 Å². The van der Waals surface area contributed by atoms with Crippen LogP contribution in [0.15, 0.2) is 0 Å². The van der Waals surface area contributed by atoms with Crippen molar-refractivity contribution in [3.63, 3.8) is 0 Å². The summed E-state index contributed by atoms with van der Waals surface area (Å²) < 4.78 is 12.8. The Labute approximate surface area is 118 Å². The van der Waals surface area contributed by atoms with Crippen molar-refractivity contribution in [1.29, 1.82) is 0 Å². The molecule has 0 amide bonds. The molecule has 0 saturated carbocycles. The van der Waals surface area contributed by atoms with E-state index in [0.717, 1.165) is 13.0 Å². The molecule has 2 heterocycles. The fraction of sp³-hybridized carbons (Fsp3) is 0.778. The van der Waals surface area contributed by atoms with Gasteiger partial charge in [0.15, 0.2) is 0 Å². The standard InChI is InChI=1S/C8H13FN.CH3.K/c1-8-3-2-4-10(8)6-7(9)5-8;;/h7H,1-6H2;1H3;/q2*-1;+1. The Morgan fingerprint density at radius 2 is 2.17 bits per heavy atom. The van der Waals surface area contributed by atoms with E-state index in [9.17, 15) is 4.39 Å². The van der Waals surface area contributed by atoms with Crippen molar-refractivity contribution < 1.29 is 55.8 Å². The van der Waals surface area contributed by atoms with Gasteiger partial charge in [0.25, 0.3) is 0 Å². The second-order valence-corrected chi connectivity index (χ2v) is 3.58. The van der Waals surface area contributed by atoms with Crippen molar-refractivity contribution in [1.82, 2.24) is 4.90 Å². The molecule has 0 aliphatic carbocycles. The molecule has 2 rings (SSSR count). The predicted octanol–water partition coefficient (Wildman–Crippen LogP) is -1.15. The van der Waals surface area contributed by atoms with Gasteiger partial charge in [-0.1, -0.05) is 6.42 Å². The van der Waals surface area contributed by atoms with Crippen LogP contribution in [0.5, 0.6) is 0 Å². The van der Waals surface area contributed by atoms with Crippen LogP contribution in [0.3, 0.4) is 0 Å². The van der Waals surface area contributed by atoms with Gasteiger partial charge in [0.05, 0.1) is 0 Å². The van der Waals surface area contributed by atoms with Crippen LogP contribution in [-0.2, 0) is 0 Å². The number of halogens is 1. The van der Waals surface area contributed by atoms with Gasteiger partial charge in [-0.3, -0.25) is 0 Å². The molecule has 0 aromatic rings. The summed E-state index contributed by atoms with van der Waals surface area (Å²) in [7, 11) is 0. The molecular weight excluding hydrogens is 180 g/mol. The molecule has 2 fully saturated rings. The van der Waals surface area contributed by atoms with Gasteiger partial charge in [0, 0.05) is 6.54 Å². The molecule has 12 heavy (non-hydrogen) atoms. The molecule has 66 valence electrons. The first kappa shape index (κ1) is 13.5. The first-order valence-electron chi connectivity index (χ1n) is 3.95. The number of alkyl halides is 1. The van der Waals surface area contributed by atoms with Crippen LogP contribution in [0.1, 0.15) is 19.3 Å². The van der Waals surface area contributed by atoms with Gasteiger partial charge in [-0.15, -0.1) is 5.54 Å². The fourth-order valence-electron chi connectivity index (χ4n) is 2.23. The maximum Gasteiger partial charge on any atom is 1.00 e. The van der Waals surface area contributed by atoms with Crippen LogP contribution in [0.25, 0.3) is 0 Å². The van der Waals surface area contributed by atoms with E-state index in [1.54, 1.807) is 0 Å². The maximum absolute atomic E-state index is 12.8. The summed E-state index contributed by atoms with van der Waals surface area (Å²) in [6.45, 7) is 5.76. The zero-order valence-electron chi connectivity index (χ0n) is 8.15. The molecule has 2 unspecified atom stereocenters. The van der Waals surface area contributed by atoms with E-state index < -0.39 is 6.17 Å². The molecule has 2 aliphatic heterocycles. The molecule has 0 spiro atoms. The number of hydrogen-bond acceptors (Lipinski definition) is 1. The summed E-state index contributed by atoms with van der Waals surface area (Å²) in [5.41, 5.74) is -0.0145. The molecular formula is C9H16FKN-. The molecule has 0 aromatic heterocycles. The smallest absolute Gasteiger partial charge is 0.358 e. The zero-order valence-corrected chi connectivity index (χ0v) is 11.3. The largest absolute Gasteiger partial charge is 1.00 e. The normalized spacial score (nSPS) is 40.0. The van der Waals surface area contributed by atoms with Gasteiger partial charge in [-0.2, -0.15) is 0 Å². The van der Waals surface area contributed by atoms with Crippen molar-refractivity contribution >= 4 is 0 Å². The summed E-state index contributed by atoms with van der Waals surface area (Å²) in [4.78, 5) is 2.19. The molecule has 0 aromatic carbocycles. The summed E-state index contributed by atoms with van der Waals surface area (Å²) in [5.74, 6) is 0. The van der Waals surface area contributed by atoms with Gasteiger partial charge in [-0.05, 0) is 19.4 Å². The summed E-state index contributed by atoms with van der Waals surface area (Å²) in [5, 5.41) is 0. The molecule has 2 saturated heterocycles. The third kappa shape index (κ3) is 2.31. The van der Waals surface area contributed by atoms with Gasteiger partial charge in [0.1, 0.15) is 6.17 Å². The minimum atomic E-state index is -0.613. The van der Waals surface area contributed by atoms with Crippen LogP contribution >= 0.6 is 0 Å². The van der Waals surface area contributed by atoms with E-state index in [4.69, 9.17) is 0 Å². The maximum atomic E-state index is 12.8. The van der Waals surface area contributed by atoms with Gasteiger partial charge in [-0.25, -0.2) is 4.39 Å². The molecule has 0 radical (unpaired) electrons. The third-order valence-corrected chi connectivity index (χ3v) is 2.76. The molecule has 2 aliphatic rings. The summed E-state index contributed by atoms with van der Waals surface area (Å²) >= 11 is 0. The first-order chi connectivity index (χ1) is 4.71. The van der Waals surface area contributed by atoms with E-state index in [2.05, 4.69) is 11.8 Å². The second kappa shape index (κ2) is 4.85. The predicted molar refractivity (Wildman–Crippen MR) is 44.8 cm³/mol. The quantitative estimate of drug-likeness (QED) is 0.349. The Balaban J connectivity index is 0.000000605. The van der Waals surface area contributed by atoms with Crippen LogP contribution in [0.4, 0.5) is 4.39 Å². The van der Waals surface area contributed by atoms with Crippen molar-refractivity contribution in [2.75, 3.05) is 13.1 Å². The van der Waals surface area contributed by atoms with E-state index in [-0.39, 0.29) is 64.4 Å². The second-order valence-electron chi connectivity index (χ2n) is 3.58. The Kier molecular flexibility index (Phi) is 5.47. The Hall–Kier alpha value is 1.53. The molecule has 0 N–H and O–H groups in total. The zero-order chi connectivity index (χ0) is 7.19. The van der Waals surface area contributed by atoms with Crippen LogP contribution < -0.4 is 51.4 Å². The average molecular weight is 196 g/mol. The van der Waals surface area contributed by atoms with Gasteiger partial charge >= 0.3 is 51.4 Å². The van der Waals surface area contributed by atoms with E-state index >= 15 is 0 Å².